The van der Waals surface area contributed by atoms with Crippen molar-refractivity contribution in [3.05, 3.63) is 51.4 Å². The number of hydrogen-bond acceptors (Lipinski definition) is 12. The summed E-state index contributed by atoms with van der Waals surface area (Å²) in [5.74, 6) is 1.65. The smallest absolute Gasteiger partial charge is 0.271 e. The number of hydrogen-bond donors (Lipinski definition) is 2. The molecule has 5 heterocycles. The van der Waals surface area contributed by atoms with Gasteiger partial charge in [-0.3, -0.25) is 9.69 Å². The molecule has 1 fully saturated rings. The zero-order valence-electron chi connectivity index (χ0n) is 26.9. The van der Waals surface area contributed by atoms with Gasteiger partial charge in [0.05, 0.1) is 17.6 Å². The number of carbonyl (C=O) groups is 1. The number of nitrogens with zero attached hydrogens (tertiary/aromatic N) is 7. The molecule has 1 amide bonds. The molecule has 0 bridgehead atoms. The maximum Gasteiger partial charge on any atom is 0.271 e. The van der Waals surface area contributed by atoms with Gasteiger partial charge in [0.15, 0.2) is 28.8 Å². The Morgan fingerprint density at radius 3 is 2.89 bits per heavy atom. The molecule has 1 saturated heterocycles. The Hall–Kier alpha value is -4.32. The number of thiophene rings is 1. The Kier molecular flexibility index (Phi) is 8.46. The van der Waals surface area contributed by atoms with Gasteiger partial charge >= 0.3 is 0 Å². The molecule has 0 aromatic carbocycles. The lowest BCUT2D eigenvalue weighted by molar-refractivity contribution is 0.0931. The van der Waals surface area contributed by atoms with Crippen LogP contribution in [-0.4, -0.2) is 81.7 Å². The van der Waals surface area contributed by atoms with Gasteiger partial charge < -0.3 is 25.0 Å². The predicted molar refractivity (Wildman–Crippen MR) is 175 cm³/mol. The average Bonchev–Trinajstić information content (AvgIpc) is 3.87. The average molecular weight is 658 g/mol. The normalized spacial score (nSPS) is 21.3. The van der Waals surface area contributed by atoms with Crippen LogP contribution in [0.2, 0.25) is 0 Å². The van der Waals surface area contributed by atoms with E-state index < -0.39 is 5.41 Å². The molecular weight excluding hydrogens is 618 g/mol. The monoisotopic (exact) mass is 657 g/mol. The molecule has 4 aromatic rings. The molecule has 2 aliphatic carbocycles. The highest BCUT2D eigenvalue weighted by Gasteiger charge is 2.49. The number of likely N-dealkylation sites (N-methyl/N-ethyl adjacent to an activating group) is 1. The van der Waals surface area contributed by atoms with Crippen LogP contribution in [0.25, 0.3) is 17.3 Å². The summed E-state index contributed by atoms with van der Waals surface area (Å²) in [6, 6.07) is 6.02. The number of amides is 1. The number of fused-ring (bicyclic) bond motifs is 4. The van der Waals surface area contributed by atoms with Crippen LogP contribution in [0.15, 0.2) is 22.9 Å². The number of carbonyl (C=O) groups excluding carboxylic acids is 1. The number of nitrogen functional groups attached to an aromatic ring is 1. The van der Waals surface area contributed by atoms with Crippen molar-refractivity contribution in [2.24, 2.45) is 0 Å². The third-order valence-electron chi connectivity index (χ3n) is 9.83. The van der Waals surface area contributed by atoms with Crippen molar-refractivity contribution in [2.75, 3.05) is 39.6 Å². The summed E-state index contributed by atoms with van der Waals surface area (Å²) in [6.45, 7) is 3.86. The molecule has 3 N–H and O–H groups in total. The van der Waals surface area contributed by atoms with Gasteiger partial charge in [0.2, 0.25) is 5.88 Å². The van der Waals surface area contributed by atoms with Crippen molar-refractivity contribution in [1.82, 2.24) is 35.1 Å². The number of aryl methyl sites for hydroxylation is 1. The standard InChI is InChI=1S/C33H39N9O4S/c1-19(23-8-6-14-41(23)2)45-26-17-25(42-15-10-22(39-42)32(43)36-13-16-44-3)37-31(38-26)28-20-7-4-11-33(29(20)46-40-28)12-5-9-24-27(33)21(18-34)30(35)47-24/h10,15,17,19,23H,4-9,11-14,16,35H2,1-3H3,(H,36,43)/t19-,23-,33-/m0/s1. The summed E-state index contributed by atoms with van der Waals surface area (Å²) in [4.78, 5) is 25.9. The molecule has 246 valence electrons. The van der Waals surface area contributed by atoms with Gasteiger partial charge in [0, 0.05) is 42.4 Å². The molecule has 13 nitrogen and oxygen atoms in total. The minimum Gasteiger partial charge on any atom is -0.473 e. The van der Waals surface area contributed by atoms with Crippen LogP contribution in [0.1, 0.15) is 83.3 Å². The number of methoxy groups -OCH3 is 1. The first-order chi connectivity index (χ1) is 22.8. The zero-order chi connectivity index (χ0) is 32.7. The summed E-state index contributed by atoms with van der Waals surface area (Å²) in [7, 11) is 3.70. The van der Waals surface area contributed by atoms with E-state index in [9.17, 15) is 10.1 Å². The van der Waals surface area contributed by atoms with E-state index in [1.165, 1.54) is 11.3 Å². The molecule has 0 saturated carbocycles. The van der Waals surface area contributed by atoms with E-state index in [1.807, 2.05) is 0 Å². The molecule has 47 heavy (non-hydrogen) atoms. The van der Waals surface area contributed by atoms with Crippen LogP contribution in [0.5, 0.6) is 5.88 Å². The first kappa shape index (κ1) is 31.3. The van der Waals surface area contributed by atoms with Gasteiger partial charge in [-0.15, -0.1) is 11.3 Å². The lowest BCUT2D eigenvalue weighted by atomic mass is 9.63. The minimum absolute atomic E-state index is 0.124. The van der Waals surface area contributed by atoms with E-state index in [4.69, 9.17) is 29.7 Å². The van der Waals surface area contributed by atoms with E-state index in [-0.39, 0.29) is 23.7 Å². The van der Waals surface area contributed by atoms with Crippen LogP contribution in [0.4, 0.5) is 5.00 Å². The highest BCUT2D eigenvalue weighted by Crippen LogP contribution is 2.55. The predicted octanol–water partition coefficient (Wildman–Crippen LogP) is 4.03. The molecule has 3 atom stereocenters. The lowest BCUT2D eigenvalue weighted by Gasteiger charge is -2.39. The molecule has 0 unspecified atom stereocenters. The van der Waals surface area contributed by atoms with Crippen LogP contribution >= 0.6 is 11.3 Å². The zero-order valence-corrected chi connectivity index (χ0v) is 27.7. The van der Waals surface area contributed by atoms with Crippen molar-refractivity contribution in [3.63, 3.8) is 0 Å². The number of aromatic nitrogens is 5. The van der Waals surface area contributed by atoms with Crippen molar-refractivity contribution >= 4 is 22.2 Å². The van der Waals surface area contributed by atoms with Gasteiger partial charge in [-0.25, -0.2) is 9.67 Å². The summed E-state index contributed by atoms with van der Waals surface area (Å²) in [5, 5.41) is 22.6. The summed E-state index contributed by atoms with van der Waals surface area (Å²) in [5.41, 5.74) is 9.21. The van der Waals surface area contributed by atoms with Crippen molar-refractivity contribution in [3.8, 4) is 29.3 Å². The number of ether oxygens (including phenoxy) is 2. The van der Waals surface area contributed by atoms with E-state index in [2.05, 4.69) is 40.5 Å². The molecule has 14 heteroatoms. The molecule has 3 aliphatic rings. The second-order valence-electron chi connectivity index (χ2n) is 12.7. The summed E-state index contributed by atoms with van der Waals surface area (Å²) < 4.78 is 19.3. The molecule has 1 aliphatic heterocycles. The number of nitrogens with one attached hydrogen (secondary N) is 1. The Balaban J connectivity index is 1.29. The van der Waals surface area contributed by atoms with E-state index in [0.717, 1.165) is 79.7 Å². The van der Waals surface area contributed by atoms with E-state index in [0.29, 0.717) is 46.9 Å². The van der Waals surface area contributed by atoms with Crippen LogP contribution in [0.3, 0.4) is 0 Å². The number of anilines is 1. The topological polar surface area (TPSA) is 170 Å². The number of nitrogens with two attached hydrogens (primary N) is 1. The SMILES string of the molecule is COCCNC(=O)c1ccn(-c2cc(O[C@@H](C)[C@@H]3CCCN3C)nc(-c3noc4c3CCC[C@@]43CCCc4sc(N)c(C#N)c43)n2)n1. The van der Waals surface area contributed by atoms with Crippen molar-refractivity contribution < 1.29 is 18.8 Å². The fourth-order valence-corrected chi connectivity index (χ4v) is 8.80. The fourth-order valence-electron chi connectivity index (χ4n) is 7.64. The maximum absolute atomic E-state index is 12.7. The summed E-state index contributed by atoms with van der Waals surface area (Å²) in [6.07, 6.45) is 8.97. The van der Waals surface area contributed by atoms with Crippen molar-refractivity contribution in [2.45, 2.75) is 75.9 Å². The molecule has 1 spiro atoms. The number of nitriles is 1. The van der Waals surface area contributed by atoms with Gasteiger partial charge in [-0.2, -0.15) is 15.3 Å². The summed E-state index contributed by atoms with van der Waals surface area (Å²) >= 11 is 1.52. The quantitative estimate of drug-likeness (QED) is 0.249. The van der Waals surface area contributed by atoms with Crippen LogP contribution in [0, 0.1) is 11.3 Å². The first-order valence-corrected chi connectivity index (χ1v) is 17.0. The van der Waals surface area contributed by atoms with Gasteiger partial charge in [-0.1, -0.05) is 5.16 Å². The second-order valence-corrected chi connectivity index (χ2v) is 13.8. The Labute approximate surface area is 277 Å². The van der Waals surface area contributed by atoms with Crippen LogP contribution < -0.4 is 15.8 Å². The number of rotatable bonds is 9. The molecule has 7 rings (SSSR count). The lowest BCUT2D eigenvalue weighted by Crippen LogP contribution is -2.38. The molecule has 0 radical (unpaired) electrons. The Bertz CT molecular complexity index is 1840. The Morgan fingerprint density at radius 1 is 1.30 bits per heavy atom. The second kappa shape index (κ2) is 12.7. The fraction of sp³-hybridized carbons (Fsp3) is 0.515. The van der Waals surface area contributed by atoms with E-state index in [1.54, 1.807) is 30.1 Å². The Morgan fingerprint density at radius 2 is 2.13 bits per heavy atom. The van der Waals surface area contributed by atoms with Gasteiger partial charge in [-0.05, 0) is 83.5 Å². The third kappa shape index (κ3) is 5.56. The maximum atomic E-state index is 12.7. The third-order valence-corrected chi connectivity index (χ3v) is 10.9. The van der Waals surface area contributed by atoms with Gasteiger partial charge in [0.1, 0.15) is 17.2 Å². The molecular formula is C33H39N9O4S. The first-order valence-electron chi connectivity index (χ1n) is 16.2. The van der Waals surface area contributed by atoms with E-state index >= 15 is 0 Å². The highest BCUT2D eigenvalue weighted by atomic mass is 32.1. The van der Waals surface area contributed by atoms with Gasteiger partial charge in [0.25, 0.3) is 5.91 Å². The highest BCUT2D eigenvalue weighted by molar-refractivity contribution is 7.16. The number of likely N-dealkylation sites (tertiary alicyclic amines) is 1. The minimum atomic E-state index is -0.461. The molecule has 4 aromatic heterocycles. The largest absolute Gasteiger partial charge is 0.473 e. The van der Waals surface area contributed by atoms with Crippen molar-refractivity contribution in [1.29, 1.82) is 5.26 Å². The van der Waals surface area contributed by atoms with Crippen LogP contribution in [-0.2, 0) is 23.0 Å².